The number of H-pyrrole nitrogens is 1. The van der Waals surface area contributed by atoms with E-state index in [4.69, 9.17) is 0 Å². The van der Waals surface area contributed by atoms with Crippen LogP contribution in [0.5, 0.6) is 0 Å². The first kappa shape index (κ1) is 10.4. The van der Waals surface area contributed by atoms with E-state index in [9.17, 15) is 4.79 Å². The molecule has 2 nitrogen and oxygen atoms in total. The van der Waals surface area contributed by atoms with Crippen LogP contribution < -0.4 is 5.43 Å². The van der Waals surface area contributed by atoms with Crippen molar-refractivity contribution in [2.24, 2.45) is 0 Å². The summed E-state index contributed by atoms with van der Waals surface area (Å²) in [5, 5.41) is 1.49. The number of benzene rings is 2. The summed E-state index contributed by atoms with van der Waals surface area (Å²) in [5.41, 5.74) is 1.88. The third-order valence-electron chi connectivity index (χ3n) is 2.61. The molecule has 0 bridgehead atoms. The van der Waals surface area contributed by atoms with Crippen LogP contribution in [0, 0.1) is 0 Å². The molecule has 2 heteroatoms. The summed E-state index contributed by atoms with van der Waals surface area (Å²) in [6, 6.07) is 15.1. The number of aromatic nitrogens is 1. The van der Waals surface area contributed by atoms with Crippen molar-refractivity contribution >= 4 is 21.8 Å². The molecule has 0 unspecified atom stereocenters. The molecule has 1 aromatic heterocycles. The van der Waals surface area contributed by atoms with Gasteiger partial charge in [0.1, 0.15) is 0 Å². The Morgan fingerprint density at radius 2 is 1.19 bits per heavy atom. The SMILES string of the molecule is C.O=c1c2ccccc2[nH]c2ccccc12. The van der Waals surface area contributed by atoms with Gasteiger partial charge in [0.25, 0.3) is 0 Å². The van der Waals surface area contributed by atoms with Crippen molar-refractivity contribution in [3.05, 3.63) is 58.8 Å². The summed E-state index contributed by atoms with van der Waals surface area (Å²) in [6.07, 6.45) is 0. The Morgan fingerprint density at radius 1 is 0.750 bits per heavy atom. The molecule has 0 radical (unpaired) electrons. The van der Waals surface area contributed by atoms with Crippen molar-refractivity contribution in [2.45, 2.75) is 7.43 Å². The smallest absolute Gasteiger partial charge is 0.197 e. The van der Waals surface area contributed by atoms with Gasteiger partial charge in [0.2, 0.25) is 0 Å². The van der Waals surface area contributed by atoms with Crippen LogP contribution in [0.25, 0.3) is 21.8 Å². The molecule has 0 saturated carbocycles. The predicted molar refractivity (Wildman–Crippen MR) is 68.8 cm³/mol. The van der Waals surface area contributed by atoms with Crippen LogP contribution in [0.2, 0.25) is 0 Å². The summed E-state index contributed by atoms with van der Waals surface area (Å²) >= 11 is 0. The second-order valence-corrected chi connectivity index (χ2v) is 3.55. The van der Waals surface area contributed by atoms with Gasteiger partial charge in [-0.25, -0.2) is 0 Å². The van der Waals surface area contributed by atoms with E-state index in [-0.39, 0.29) is 12.9 Å². The van der Waals surface area contributed by atoms with E-state index in [0.29, 0.717) is 0 Å². The predicted octanol–water partition coefficient (Wildman–Crippen LogP) is 3.32. The van der Waals surface area contributed by atoms with Crippen molar-refractivity contribution < 1.29 is 0 Å². The number of nitrogens with one attached hydrogen (secondary N) is 1. The topological polar surface area (TPSA) is 32.9 Å². The number of aromatic amines is 1. The zero-order valence-corrected chi connectivity index (χ0v) is 8.03. The maximum atomic E-state index is 12.1. The first-order chi connectivity index (χ1) is 7.36. The highest BCUT2D eigenvalue weighted by molar-refractivity contribution is 5.92. The number of hydrogen-bond donors (Lipinski definition) is 1. The van der Waals surface area contributed by atoms with E-state index >= 15 is 0 Å². The molecule has 0 spiro atoms. The Labute approximate surface area is 93.5 Å². The first-order valence-electron chi connectivity index (χ1n) is 4.86. The molecule has 16 heavy (non-hydrogen) atoms. The quantitative estimate of drug-likeness (QED) is 0.568. The van der Waals surface area contributed by atoms with Crippen LogP contribution in [-0.2, 0) is 0 Å². The number of para-hydroxylation sites is 2. The highest BCUT2D eigenvalue weighted by Gasteiger charge is 2.02. The van der Waals surface area contributed by atoms with Gasteiger partial charge in [-0.2, -0.15) is 0 Å². The van der Waals surface area contributed by atoms with Gasteiger partial charge in [0, 0.05) is 21.8 Å². The summed E-state index contributed by atoms with van der Waals surface area (Å²) in [5.74, 6) is 0. The average Bonchev–Trinajstić information content (AvgIpc) is 2.30. The third kappa shape index (κ3) is 1.39. The molecule has 1 N–H and O–H groups in total. The van der Waals surface area contributed by atoms with Gasteiger partial charge in [-0.15, -0.1) is 0 Å². The van der Waals surface area contributed by atoms with Gasteiger partial charge in [-0.1, -0.05) is 31.7 Å². The minimum absolute atomic E-state index is 0. The molecule has 3 rings (SSSR count). The van der Waals surface area contributed by atoms with Crippen LogP contribution in [0.3, 0.4) is 0 Å². The minimum Gasteiger partial charge on any atom is -0.354 e. The van der Waals surface area contributed by atoms with Crippen LogP contribution in [-0.4, -0.2) is 4.98 Å². The molecule has 80 valence electrons. The minimum atomic E-state index is 0. The number of fused-ring (bicyclic) bond motifs is 2. The van der Waals surface area contributed by atoms with E-state index in [0.717, 1.165) is 21.8 Å². The van der Waals surface area contributed by atoms with E-state index in [1.807, 2.05) is 48.5 Å². The van der Waals surface area contributed by atoms with Crippen molar-refractivity contribution in [3.63, 3.8) is 0 Å². The van der Waals surface area contributed by atoms with Crippen molar-refractivity contribution in [1.82, 2.24) is 4.98 Å². The van der Waals surface area contributed by atoms with Crippen LogP contribution in [0.4, 0.5) is 0 Å². The van der Waals surface area contributed by atoms with Crippen LogP contribution in [0.1, 0.15) is 7.43 Å². The van der Waals surface area contributed by atoms with Gasteiger partial charge in [0.15, 0.2) is 5.43 Å². The molecule has 0 fully saturated rings. The Bertz CT molecular complexity index is 640. The Hall–Kier alpha value is -2.09. The van der Waals surface area contributed by atoms with E-state index in [1.54, 1.807) is 0 Å². The molecule has 0 amide bonds. The third-order valence-corrected chi connectivity index (χ3v) is 2.61. The Kier molecular flexibility index (Phi) is 2.49. The fourth-order valence-corrected chi connectivity index (χ4v) is 1.87. The largest absolute Gasteiger partial charge is 0.354 e. The molecule has 0 aliphatic rings. The molecule has 0 saturated heterocycles. The summed E-state index contributed by atoms with van der Waals surface area (Å²) < 4.78 is 0. The molecule has 0 atom stereocenters. The maximum Gasteiger partial charge on any atom is 0.197 e. The fourth-order valence-electron chi connectivity index (χ4n) is 1.87. The summed E-state index contributed by atoms with van der Waals surface area (Å²) in [4.78, 5) is 15.3. The normalized spacial score (nSPS) is 10.2. The van der Waals surface area contributed by atoms with E-state index < -0.39 is 0 Å². The van der Waals surface area contributed by atoms with Crippen molar-refractivity contribution in [2.75, 3.05) is 0 Å². The van der Waals surface area contributed by atoms with Gasteiger partial charge in [-0.05, 0) is 24.3 Å². The fraction of sp³-hybridized carbons (Fsp3) is 0.0714. The average molecular weight is 211 g/mol. The molecular formula is C14H13NO. The monoisotopic (exact) mass is 211 g/mol. The van der Waals surface area contributed by atoms with Gasteiger partial charge >= 0.3 is 0 Å². The lowest BCUT2D eigenvalue weighted by Crippen LogP contribution is -2.03. The van der Waals surface area contributed by atoms with Crippen molar-refractivity contribution in [1.29, 1.82) is 0 Å². The summed E-state index contributed by atoms with van der Waals surface area (Å²) in [6.45, 7) is 0. The molecular weight excluding hydrogens is 198 g/mol. The second-order valence-electron chi connectivity index (χ2n) is 3.55. The molecule has 3 aromatic rings. The lowest BCUT2D eigenvalue weighted by Gasteiger charge is -2.01. The molecule has 0 aliphatic carbocycles. The molecule has 1 heterocycles. The van der Waals surface area contributed by atoms with E-state index in [2.05, 4.69) is 4.98 Å². The van der Waals surface area contributed by atoms with Gasteiger partial charge in [-0.3, -0.25) is 4.79 Å². The summed E-state index contributed by atoms with van der Waals surface area (Å²) in [7, 11) is 0. The molecule has 2 aromatic carbocycles. The highest BCUT2D eigenvalue weighted by atomic mass is 16.1. The highest BCUT2D eigenvalue weighted by Crippen LogP contribution is 2.13. The van der Waals surface area contributed by atoms with Gasteiger partial charge in [0.05, 0.1) is 0 Å². The number of pyridine rings is 1. The first-order valence-corrected chi connectivity index (χ1v) is 4.86. The number of hydrogen-bond acceptors (Lipinski definition) is 1. The molecule has 0 aliphatic heterocycles. The zero-order chi connectivity index (χ0) is 10.3. The Balaban J connectivity index is 0.000000963. The standard InChI is InChI=1S/C13H9NO.CH4/c15-13-9-5-1-3-7-11(9)14-12-8-4-2-6-10(12)13;/h1-8H,(H,14,15);1H4. The second kappa shape index (κ2) is 3.81. The Morgan fingerprint density at radius 3 is 1.69 bits per heavy atom. The lowest BCUT2D eigenvalue weighted by molar-refractivity contribution is 1.48. The number of rotatable bonds is 0. The zero-order valence-electron chi connectivity index (χ0n) is 8.03. The van der Waals surface area contributed by atoms with Crippen LogP contribution in [0.15, 0.2) is 53.3 Å². The maximum absolute atomic E-state index is 12.1. The van der Waals surface area contributed by atoms with E-state index in [1.165, 1.54) is 0 Å². The van der Waals surface area contributed by atoms with Crippen molar-refractivity contribution in [3.8, 4) is 0 Å². The lowest BCUT2D eigenvalue weighted by atomic mass is 10.1. The van der Waals surface area contributed by atoms with Crippen LogP contribution >= 0.6 is 0 Å². The van der Waals surface area contributed by atoms with Gasteiger partial charge < -0.3 is 4.98 Å².